The smallest absolute Gasteiger partial charge is 0.350 e. The molecule has 1 aromatic carbocycles. The van der Waals surface area contributed by atoms with Crippen molar-refractivity contribution < 1.29 is 29.0 Å². The molecule has 1 unspecified atom stereocenters. The Balaban J connectivity index is 1.72. The Morgan fingerprint density at radius 3 is 2.59 bits per heavy atom. The van der Waals surface area contributed by atoms with Crippen LogP contribution in [0.2, 0.25) is 0 Å². The molecule has 1 N–H and O–H groups in total. The Hall–Kier alpha value is -4.51. The van der Waals surface area contributed by atoms with Crippen LogP contribution in [0.25, 0.3) is 11.4 Å². The molecule has 5 rings (SSSR count). The Labute approximate surface area is 240 Å². The molecule has 0 spiro atoms. The molecule has 10 nitrogen and oxygen atoms in total. The number of imidazole rings is 1. The van der Waals surface area contributed by atoms with Gasteiger partial charge >= 0.3 is 11.9 Å². The van der Waals surface area contributed by atoms with Crippen LogP contribution >= 0.6 is 11.3 Å². The van der Waals surface area contributed by atoms with Gasteiger partial charge in [-0.1, -0.05) is 36.5 Å². The summed E-state index contributed by atoms with van der Waals surface area (Å²) in [6.07, 6.45) is 2.62. The first kappa shape index (κ1) is 28.0. The molecule has 1 atom stereocenters. The number of benzene rings is 1. The third kappa shape index (κ3) is 4.86. The summed E-state index contributed by atoms with van der Waals surface area (Å²) in [7, 11) is 0. The molecule has 1 amide bonds. The second-order valence-corrected chi connectivity index (χ2v) is 10.6. The van der Waals surface area contributed by atoms with E-state index < -0.39 is 29.5 Å². The van der Waals surface area contributed by atoms with E-state index in [2.05, 4.69) is 9.97 Å². The third-order valence-electron chi connectivity index (χ3n) is 6.85. The number of hydrogen-bond donors (Lipinski definition) is 1. The Morgan fingerprint density at radius 2 is 1.88 bits per heavy atom. The summed E-state index contributed by atoms with van der Waals surface area (Å²) >= 11 is 0.958. The largest absolute Gasteiger partial charge is 0.505 e. The Kier molecular flexibility index (Phi) is 7.63. The van der Waals surface area contributed by atoms with Crippen LogP contribution in [-0.4, -0.2) is 50.3 Å². The highest BCUT2D eigenvalue weighted by atomic mass is 32.1. The van der Waals surface area contributed by atoms with E-state index in [1.165, 1.54) is 4.90 Å². The van der Waals surface area contributed by atoms with E-state index in [1.807, 2.05) is 36.6 Å². The Morgan fingerprint density at radius 1 is 1.10 bits per heavy atom. The first-order valence-corrected chi connectivity index (χ1v) is 14.1. The zero-order valence-corrected chi connectivity index (χ0v) is 24.2. The molecule has 1 aliphatic heterocycles. The van der Waals surface area contributed by atoms with Crippen molar-refractivity contribution in [3.05, 3.63) is 81.3 Å². The lowest BCUT2D eigenvalue weighted by molar-refractivity contribution is -0.132. The van der Waals surface area contributed by atoms with Crippen LogP contribution in [-0.2, 0) is 14.3 Å². The summed E-state index contributed by atoms with van der Waals surface area (Å²) < 4.78 is 12.8. The molecule has 4 heterocycles. The van der Waals surface area contributed by atoms with Crippen LogP contribution in [0.15, 0.2) is 48.2 Å². The molecular weight excluding hydrogens is 544 g/mol. The number of anilines is 1. The zero-order valence-electron chi connectivity index (χ0n) is 23.4. The van der Waals surface area contributed by atoms with E-state index >= 15 is 0 Å². The van der Waals surface area contributed by atoms with Gasteiger partial charge in [0, 0.05) is 6.20 Å². The van der Waals surface area contributed by atoms with Crippen LogP contribution in [0.3, 0.4) is 0 Å². The van der Waals surface area contributed by atoms with Crippen molar-refractivity contribution >= 4 is 45.5 Å². The number of ether oxygens (including phenoxy) is 2. The van der Waals surface area contributed by atoms with Crippen molar-refractivity contribution in [2.75, 3.05) is 18.1 Å². The van der Waals surface area contributed by atoms with E-state index in [9.17, 15) is 19.5 Å². The van der Waals surface area contributed by atoms with Crippen molar-refractivity contribution in [2.45, 2.75) is 47.1 Å². The number of pyridine rings is 1. The highest BCUT2D eigenvalue weighted by molar-refractivity contribution is 7.17. The summed E-state index contributed by atoms with van der Waals surface area (Å²) in [6, 6.07) is 9.75. The first-order chi connectivity index (χ1) is 19.7. The van der Waals surface area contributed by atoms with Gasteiger partial charge < -0.3 is 19.0 Å². The molecule has 0 aliphatic carbocycles. The quantitative estimate of drug-likeness (QED) is 0.130. The highest BCUT2D eigenvalue weighted by Crippen LogP contribution is 2.44. The molecule has 1 fully saturated rings. The fourth-order valence-corrected chi connectivity index (χ4v) is 5.87. The molecule has 0 radical (unpaired) electrons. The standard InChI is InChI=1S/C30H30N4O6S/c1-6-14-40-20-12-8-11-19(15-20)23-21(24(35)22-18(5)33-13-9-10-16(3)27(33)32-22)25(36)28(37)34(23)30-31-17(4)26(41-30)29(38)39-7-2/h8-13,15,23,35H,6-7,14H2,1-5H3. The molecular formula is C30H30N4O6S. The number of nitrogens with zero attached hydrogens (tertiary/aromatic N) is 4. The number of rotatable bonds is 8. The number of aryl methyl sites for hydroxylation is 3. The van der Waals surface area contributed by atoms with Gasteiger partial charge in [-0.05, 0) is 63.4 Å². The number of aliphatic hydroxyl groups excluding tert-OH is 1. The van der Waals surface area contributed by atoms with Crippen molar-refractivity contribution in [1.29, 1.82) is 0 Å². The average molecular weight is 575 g/mol. The predicted octanol–water partition coefficient (Wildman–Crippen LogP) is 5.31. The second-order valence-electron chi connectivity index (χ2n) is 9.65. The van der Waals surface area contributed by atoms with Gasteiger partial charge in [0.05, 0.1) is 36.2 Å². The molecule has 3 aromatic heterocycles. The Bertz CT molecular complexity index is 1720. The molecule has 11 heteroatoms. The minimum Gasteiger partial charge on any atom is -0.505 e. The van der Waals surface area contributed by atoms with Gasteiger partial charge in [-0.3, -0.25) is 14.5 Å². The van der Waals surface area contributed by atoms with Crippen LogP contribution < -0.4 is 9.64 Å². The maximum absolute atomic E-state index is 13.7. The minimum absolute atomic E-state index is 0.127. The summed E-state index contributed by atoms with van der Waals surface area (Å²) in [5, 5.41) is 11.8. The summed E-state index contributed by atoms with van der Waals surface area (Å²) in [5.74, 6) is -2.16. The fourth-order valence-electron chi connectivity index (χ4n) is 4.88. The van der Waals surface area contributed by atoms with Gasteiger partial charge in [0.1, 0.15) is 22.0 Å². The third-order valence-corrected chi connectivity index (χ3v) is 7.99. The molecule has 1 aliphatic rings. The normalized spacial score (nSPS) is 16.5. The maximum Gasteiger partial charge on any atom is 0.350 e. The average Bonchev–Trinajstić information content (AvgIpc) is 3.59. The fraction of sp³-hybridized carbons (Fsp3) is 0.300. The summed E-state index contributed by atoms with van der Waals surface area (Å²) in [4.78, 5) is 50.4. The topological polar surface area (TPSA) is 123 Å². The molecule has 41 heavy (non-hydrogen) atoms. The van der Waals surface area contributed by atoms with Gasteiger partial charge in [0.2, 0.25) is 0 Å². The lowest BCUT2D eigenvalue weighted by atomic mass is 9.96. The van der Waals surface area contributed by atoms with Crippen molar-refractivity contribution in [3.8, 4) is 5.75 Å². The first-order valence-electron chi connectivity index (χ1n) is 13.3. The van der Waals surface area contributed by atoms with E-state index in [0.717, 1.165) is 23.3 Å². The number of thiazole rings is 1. The van der Waals surface area contributed by atoms with Crippen LogP contribution in [0, 0.1) is 20.8 Å². The summed E-state index contributed by atoms with van der Waals surface area (Å²) in [6.45, 7) is 9.68. The minimum atomic E-state index is -1.05. The number of Topliss-reactive ketones (excluding diaryl/α,β-unsaturated/α-hetero) is 1. The van der Waals surface area contributed by atoms with Crippen LogP contribution in [0.4, 0.5) is 5.13 Å². The monoisotopic (exact) mass is 574 g/mol. The number of esters is 1. The van der Waals surface area contributed by atoms with Gasteiger partial charge in [-0.15, -0.1) is 0 Å². The van der Waals surface area contributed by atoms with Crippen molar-refractivity contribution in [1.82, 2.24) is 14.4 Å². The van der Waals surface area contributed by atoms with E-state index in [-0.39, 0.29) is 27.9 Å². The van der Waals surface area contributed by atoms with E-state index in [4.69, 9.17) is 9.47 Å². The molecule has 1 saturated heterocycles. The number of fused-ring (bicyclic) bond motifs is 1. The van der Waals surface area contributed by atoms with Crippen molar-refractivity contribution in [2.24, 2.45) is 0 Å². The number of aromatic nitrogens is 3. The molecule has 212 valence electrons. The number of hydrogen-bond acceptors (Lipinski definition) is 9. The van der Waals surface area contributed by atoms with Gasteiger partial charge in [0.25, 0.3) is 5.78 Å². The number of carbonyl (C=O) groups excluding carboxylic acids is 3. The van der Waals surface area contributed by atoms with Crippen molar-refractivity contribution in [3.63, 3.8) is 0 Å². The number of ketones is 1. The highest BCUT2D eigenvalue weighted by Gasteiger charge is 2.49. The van der Waals surface area contributed by atoms with Gasteiger partial charge in [-0.25, -0.2) is 14.8 Å². The lowest BCUT2D eigenvalue weighted by Gasteiger charge is -2.23. The SMILES string of the molecule is CCCOc1cccc(C2C(=C(O)c3nc4c(C)cccn4c3C)C(=O)C(=O)N2c2nc(C)c(C(=O)OCC)s2)c1. The zero-order chi connectivity index (χ0) is 29.4. The van der Waals surface area contributed by atoms with Crippen LogP contribution in [0.5, 0.6) is 5.75 Å². The van der Waals surface area contributed by atoms with Gasteiger partial charge in [-0.2, -0.15) is 0 Å². The second kappa shape index (κ2) is 11.2. The van der Waals surface area contributed by atoms with E-state index in [0.29, 0.717) is 35.0 Å². The van der Waals surface area contributed by atoms with Gasteiger partial charge in [0.15, 0.2) is 10.9 Å². The number of carbonyl (C=O) groups is 3. The van der Waals surface area contributed by atoms with E-state index in [1.54, 1.807) is 45.0 Å². The maximum atomic E-state index is 13.7. The molecule has 0 saturated carbocycles. The number of aliphatic hydroxyl groups is 1. The predicted molar refractivity (Wildman–Crippen MR) is 154 cm³/mol. The molecule has 0 bridgehead atoms. The number of amides is 1. The summed E-state index contributed by atoms with van der Waals surface area (Å²) in [5.41, 5.74) is 3.10. The van der Waals surface area contributed by atoms with Crippen LogP contribution in [0.1, 0.15) is 64.2 Å². The lowest BCUT2D eigenvalue weighted by Crippen LogP contribution is -2.29. The molecule has 4 aromatic rings.